The van der Waals surface area contributed by atoms with Gasteiger partial charge in [-0.2, -0.15) is 0 Å². The second-order valence-electron chi connectivity index (χ2n) is 5.88. The van der Waals surface area contributed by atoms with Crippen molar-refractivity contribution >= 4 is 12.0 Å². The van der Waals surface area contributed by atoms with Crippen molar-refractivity contribution in [2.24, 2.45) is 5.92 Å². The van der Waals surface area contributed by atoms with Crippen molar-refractivity contribution < 1.29 is 14.7 Å². The van der Waals surface area contributed by atoms with E-state index in [1.54, 1.807) is 0 Å². The molecule has 0 aromatic heterocycles. The molecule has 2 unspecified atom stereocenters. The highest BCUT2D eigenvalue weighted by atomic mass is 16.4. The molecule has 1 aliphatic rings. The molecule has 1 rings (SSSR count). The van der Waals surface area contributed by atoms with Gasteiger partial charge in [-0.1, -0.05) is 6.92 Å². The Morgan fingerprint density at radius 3 is 2.75 bits per heavy atom. The Balaban J connectivity index is 2.35. The number of hydrogen-bond donors (Lipinski definition) is 2. The summed E-state index contributed by atoms with van der Waals surface area (Å²) < 4.78 is 0. The number of rotatable bonds is 5. The Morgan fingerprint density at radius 2 is 2.10 bits per heavy atom. The van der Waals surface area contributed by atoms with Gasteiger partial charge in [-0.25, -0.2) is 4.79 Å². The van der Waals surface area contributed by atoms with Crippen molar-refractivity contribution in [3.63, 3.8) is 0 Å². The molecule has 2 amide bonds. The predicted molar refractivity (Wildman–Crippen MR) is 77.7 cm³/mol. The van der Waals surface area contributed by atoms with Gasteiger partial charge in [0.05, 0.1) is 0 Å². The molecule has 2 N–H and O–H groups in total. The highest BCUT2D eigenvalue weighted by molar-refractivity contribution is 5.74. The summed E-state index contributed by atoms with van der Waals surface area (Å²) in [5, 5.41) is 11.6. The molecule has 0 radical (unpaired) electrons. The lowest BCUT2D eigenvalue weighted by Crippen LogP contribution is -2.48. The number of urea groups is 1. The van der Waals surface area contributed by atoms with Crippen LogP contribution >= 0.6 is 0 Å². The standard InChI is InChI=1S/C14H27N3O3/c1-11(5-6-13(18)19)9-15-14(20)17-8-4-7-16(3)10-12(17)2/h11-12H,4-10H2,1-3H3,(H,15,20)(H,18,19). The summed E-state index contributed by atoms with van der Waals surface area (Å²) in [5.74, 6) is -0.604. The van der Waals surface area contributed by atoms with Crippen molar-refractivity contribution in [1.29, 1.82) is 0 Å². The van der Waals surface area contributed by atoms with Crippen LogP contribution in [-0.2, 0) is 4.79 Å². The highest BCUT2D eigenvalue weighted by Gasteiger charge is 2.23. The topological polar surface area (TPSA) is 72.9 Å². The highest BCUT2D eigenvalue weighted by Crippen LogP contribution is 2.09. The third kappa shape index (κ3) is 5.77. The van der Waals surface area contributed by atoms with Gasteiger partial charge in [-0.3, -0.25) is 4.79 Å². The van der Waals surface area contributed by atoms with Crippen molar-refractivity contribution in [3.05, 3.63) is 0 Å². The van der Waals surface area contributed by atoms with Gasteiger partial charge in [0.2, 0.25) is 0 Å². The zero-order valence-electron chi connectivity index (χ0n) is 12.8. The number of amides is 2. The fourth-order valence-corrected chi connectivity index (χ4v) is 2.51. The first kappa shape index (κ1) is 16.8. The Hall–Kier alpha value is -1.30. The lowest BCUT2D eigenvalue weighted by molar-refractivity contribution is -0.137. The van der Waals surface area contributed by atoms with Crippen LogP contribution in [0.1, 0.15) is 33.1 Å². The van der Waals surface area contributed by atoms with E-state index in [9.17, 15) is 9.59 Å². The average molecular weight is 285 g/mol. The van der Waals surface area contributed by atoms with Gasteiger partial charge in [0, 0.05) is 32.1 Å². The van der Waals surface area contributed by atoms with E-state index in [1.807, 2.05) is 11.8 Å². The molecular formula is C14H27N3O3. The molecule has 0 bridgehead atoms. The molecule has 0 spiro atoms. The molecule has 0 aromatic rings. The van der Waals surface area contributed by atoms with Crippen LogP contribution in [0.25, 0.3) is 0 Å². The number of carbonyl (C=O) groups is 2. The molecule has 116 valence electrons. The number of nitrogens with zero attached hydrogens (tertiary/aromatic N) is 2. The normalized spacial score (nSPS) is 22.1. The molecule has 1 saturated heterocycles. The second-order valence-corrected chi connectivity index (χ2v) is 5.88. The summed E-state index contributed by atoms with van der Waals surface area (Å²) in [7, 11) is 2.08. The van der Waals surface area contributed by atoms with Crippen LogP contribution in [-0.4, -0.2) is 66.2 Å². The Kier molecular flexibility index (Phi) is 6.78. The van der Waals surface area contributed by atoms with Gasteiger partial charge < -0.3 is 20.2 Å². The van der Waals surface area contributed by atoms with Gasteiger partial charge in [0.15, 0.2) is 0 Å². The number of carboxylic acids is 1. The Labute approximate surface area is 121 Å². The fraction of sp³-hybridized carbons (Fsp3) is 0.857. The first-order valence-electron chi connectivity index (χ1n) is 7.35. The number of hydrogen-bond acceptors (Lipinski definition) is 3. The molecule has 0 saturated carbocycles. The van der Waals surface area contributed by atoms with Crippen molar-refractivity contribution in [2.75, 3.05) is 33.2 Å². The van der Waals surface area contributed by atoms with E-state index >= 15 is 0 Å². The van der Waals surface area contributed by atoms with Gasteiger partial charge in [-0.05, 0) is 39.3 Å². The minimum Gasteiger partial charge on any atom is -0.481 e. The maximum atomic E-state index is 12.2. The molecular weight excluding hydrogens is 258 g/mol. The minimum atomic E-state index is -0.785. The van der Waals surface area contributed by atoms with Crippen molar-refractivity contribution in [2.45, 2.75) is 39.2 Å². The number of aliphatic carboxylic acids is 1. The van der Waals surface area contributed by atoms with E-state index in [2.05, 4.69) is 24.2 Å². The summed E-state index contributed by atoms with van der Waals surface area (Å²) in [6.45, 7) is 7.25. The van der Waals surface area contributed by atoms with E-state index < -0.39 is 5.97 Å². The van der Waals surface area contributed by atoms with Gasteiger partial charge >= 0.3 is 12.0 Å². The molecule has 0 aromatic carbocycles. The van der Waals surface area contributed by atoms with Gasteiger partial charge in [0.25, 0.3) is 0 Å². The number of likely N-dealkylation sites (N-methyl/N-ethyl adjacent to an activating group) is 1. The van der Waals surface area contributed by atoms with E-state index in [0.29, 0.717) is 13.0 Å². The van der Waals surface area contributed by atoms with Crippen LogP contribution in [0.5, 0.6) is 0 Å². The SMILES string of the molecule is CC(CCC(=O)O)CNC(=O)N1CCCN(C)CC1C. The molecule has 1 aliphatic heterocycles. The van der Waals surface area contributed by atoms with E-state index in [1.165, 1.54) is 0 Å². The molecule has 20 heavy (non-hydrogen) atoms. The summed E-state index contributed by atoms with van der Waals surface area (Å²) in [5.41, 5.74) is 0. The van der Waals surface area contributed by atoms with Crippen LogP contribution in [0, 0.1) is 5.92 Å². The van der Waals surface area contributed by atoms with E-state index in [0.717, 1.165) is 26.1 Å². The monoisotopic (exact) mass is 285 g/mol. The van der Waals surface area contributed by atoms with Crippen LogP contribution < -0.4 is 5.32 Å². The second kappa shape index (κ2) is 8.09. The largest absolute Gasteiger partial charge is 0.481 e. The Bertz CT molecular complexity index is 336. The molecule has 1 heterocycles. The number of nitrogens with one attached hydrogen (secondary N) is 1. The molecule has 6 heteroatoms. The van der Waals surface area contributed by atoms with Crippen molar-refractivity contribution in [3.8, 4) is 0 Å². The maximum Gasteiger partial charge on any atom is 0.317 e. The summed E-state index contributed by atoms with van der Waals surface area (Å²) in [6, 6.07) is 0.173. The summed E-state index contributed by atoms with van der Waals surface area (Å²) in [4.78, 5) is 26.8. The summed E-state index contributed by atoms with van der Waals surface area (Å²) in [6.07, 6.45) is 1.73. The van der Waals surface area contributed by atoms with E-state index in [-0.39, 0.29) is 24.4 Å². The van der Waals surface area contributed by atoms with E-state index in [4.69, 9.17) is 5.11 Å². The third-order valence-corrected chi connectivity index (χ3v) is 3.76. The molecule has 6 nitrogen and oxygen atoms in total. The smallest absolute Gasteiger partial charge is 0.317 e. The van der Waals surface area contributed by atoms with Gasteiger partial charge in [0.1, 0.15) is 0 Å². The predicted octanol–water partition coefficient (Wildman–Crippen LogP) is 1.22. The summed E-state index contributed by atoms with van der Waals surface area (Å²) >= 11 is 0. The van der Waals surface area contributed by atoms with Crippen LogP contribution in [0.15, 0.2) is 0 Å². The Morgan fingerprint density at radius 1 is 1.40 bits per heavy atom. The lowest BCUT2D eigenvalue weighted by Gasteiger charge is -2.28. The zero-order valence-corrected chi connectivity index (χ0v) is 12.8. The fourth-order valence-electron chi connectivity index (χ4n) is 2.51. The third-order valence-electron chi connectivity index (χ3n) is 3.76. The van der Waals surface area contributed by atoms with Crippen LogP contribution in [0.4, 0.5) is 4.79 Å². The lowest BCUT2D eigenvalue weighted by atomic mass is 10.1. The van der Waals surface area contributed by atoms with Gasteiger partial charge in [-0.15, -0.1) is 0 Å². The molecule has 0 aliphatic carbocycles. The van der Waals surface area contributed by atoms with Crippen LogP contribution in [0.3, 0.4) is 0 Å². The average Bonchev–Trinajstić information content (AvgIpc) is 2.54. The molecule has 1 fully saturated rings. The van der Waals surface area contributed by atoms with Crippen LogP contribution in [0.2, 0.25) is 0 Å². The van der Waals surface area contributed by atoms with Crippen molar-refractivity contribution in [1.82, 2.24) is 15.1 Å². The maximum absolute atomic E-state index is 12.2. The number of carbonyl (C=O) groups excluding carboxylic acids is 1. The first-order chi connectivity index (χ1) is 9.40. The molecule has 2 atom stereocenters. The number of carboxylic acid groups (broad SMARTS) is 1. The first-order valence-corrected chi connectivity index (χ1v) is 7.35. The quantitative estimate of drug-likeness (QED) is 0.796. The zero-order chi connectivity index (χ0) is 15.1. The minimum absolute atomic E-state index is 0.0324.